The fraction of sp³-hybridized carbons (Fsp3) is 0.143. The van der Waals surface area contributed by atoms with Crippen molar-refractivity contribution in [2.75, 3.05) is 12.4 Å². The maximum Gasteiger partial charge on any atom is 0.232 e. The number of nitrogens with zero attached hydrogens (tertiary/aromatic N) is 1. The first-order chi connectivity index (χ1) is 12.6. The molecule has 26 heavy (non-hydrogen) atoms. The number of hydrogen-bond acceptors (Lipinski definition) is 3. The molecule has 0 spiro atoms. The summed E-state index contributed by atoms with van der Waals surface area (Å²) >= 11 is 0. The Morgan fingerprint density at radius 2 is 1.81 bits per heavy atom. The Morgan fingerprint density at radius 3 is 2.54 bits per heavy atom. The summed E-state index contributed by atoms with van der Waals surface area (Å²) in [6, 6.07) is 17.7. The van der Waals surface area contributed by atoms with Gasteiger partial charge in [0.2, 0.25) is 5.91 Å². The van der Waals surface area contributed by atoms with Crippen LogP contribution in [0.25, 0.3) is 11.1 Å². The van der Waals surface area contributed by atoms with Crippen LogP contribution in [-0.4, -0.2) is 18.0 Å². The molecule has 1 aromatic heterocycles. The van der Waals surface area contributed by atoms with Gasteiger partial charge in [0.25, 0.3) is 0 Å². The number of ether oxygens (including phenoxy) is 1. The minimum atomic E-state index is -0.421. The number of amides is 1. The summed E-state index contributed by atoms with van der Waals surface area (Å²) in [6.07, 6.45) is 1.61. The minimum absolute atomic E-state index is 0.141. The number of methoxy groups -OCH3 is 1. The molecule has 2 aromatic carbocycles. The lowest BCUT2D eigenvalue weighted by molar-refractivity contribution is -0.117. The number of rotatable bonds is 5. The van der Waals surface area contributed by atoms with Gasteiger partial charge in [-0.25, -0.2) is 9.37 Å². The molecule has 1 N–H and O–H groups in total. The van der Waals surface area contributed by atoms with Gasteiger partial charge >= 0.3 is 0 Å². The third-order valence-electron chi connectivity index (χ3n) is 4.19. The van der Waals surface area contributed by atoms with E-state index in [0.29, 0.717) is 5.82 Å². The zero-order valence-corrected chi connectivity index (χ0v) is 14.6. The Labute approximate surface area is 151 Å². The maximum atomic E-state index is 13.6. The summed E-state index contributed by atoms with van der Waals surface area (Å²) in [6.45, 7) is 1.85. The summed E-state index contributed by atoms with van der Waals surface area (Å²) in [5, 5.41) is 2.83. The number of aromatic nitrogens is 1. The van der Waals surface area contributed by atoms with Crippen LogP contribution in [0.4, 0.5) is 10.2 Å². The van der Waals surface area contributed by atoms with Crippen molar-refractivity contribution in [2.45, 2.75) is 12.8 Å². The average molecular weight is 350 g/mol. The van der Waals surface area contributed by atoms with Crippen molar-refractivity contribution in [2.24, 2.45) is 0 Å². The smallest absolute Gasteiger partial charge is 0.232 e. The van der Waals surface area contributed by atoms with Gasteiger partial charge in [-0.1, -0.05) is 36.4 Å². The topological polar surface area (TPSA) is 51.2 Å². The van der Waals surface area contributed by atoms with E-state index in [4.69, 9.17) is 4.74 Å². The number of nitrogens with one attached hydrogen (secondary N) is 1. The van der Waals surface area contributed by atoms with E-state index >= 15 is 0 Å². The number of carbonyl (C=O) groups is 1. The summed E-state index contributed by atoms with van der Waals surface area (Å²) in [5.74, 6) is -0.248. The fourth-order valence-electron chi connectivity index (χ4n) is 2.65. The lowest BCUT2D eigenvalue weighted by atomic mass is 10.0. The first-order valence-corrected chi connectivity index (χ1v) is 8.24. The predicted octanol–water partition coefficient (Wildman–Crippen LogP) is 4.64. The monoisotopic (exact) mass is 350 g/mol. The van der Waals surface area contributed by atoms with Crippen molar-refractivity contribution in [3.05, 3.63) is 78.2 Å². The largest absolute Gasteiger partial charge is 0.494 e. The summed E-state index contributed by atoms with van der Waals surface area (Å²) < 4.78 is 18.6. The molecule has 1 atom stereocenters. The van der Waals surface area contributed by atoms with E-state index in [0.717, 1.165) is 16.7 Å². The molecular weight excluding hydrogens is 331 g/mol. The van der Waals surface area contributed by atoms with E-state index in [1.807, 2.05) is 37.3 Å². The minimum Gasteiger partial charge on any atom is -0.494 e. The third kappa shape index (κ3) is 3.88. The summed E-state index contributed by atoms with van der Waals surface area (Å²) in [7, 11) is 1.42. The molecule has 0 saturated carbocycles. The van der Waals surface area contributed by atoms with Crippen LogP contribution in [0.15, 0.2) is 66.9 Å². The van der Waals surface area contributed by atoms with Crippen molar-refractivity contribution >= 4 is 11.7 Å². The lowest BCUT2D eigenvalue weighted by Crippen LogP contribution is -2.19. The number of pyridine rings is 1. The van der Waals surface area contributed by atoms with E-state index in [-0.39, 0.29) is 17.6 Å². The first-order valence-electron chi connectivity index (χ1n) is 8.24. The molecule has 1 unspecified atom stereocenters. The zero-order valence-electron chi connectivity index (χ0n) is 14.6. The second-order valence-corrected chi connectivity index (χ2v) is 5.90. The molecule has 4 nitrogen and oxygen atoms in total. The fourth-order valence-corrected chi connectivity index (χ4v) is 2.65. The van der Waals surface area contributed by atoms with Gasteiger partial charge in [0.15, 0.2) is 11.6 Å². The van der Waals surface area contributed by atoms with Crippen LogP contribution in [0.3, 0.4) is 0 Å². The van der Waals surface area contributed by atoms with Crippen LogP contribution in [0.2, 0.25) is 0 Å². The van der Waals surface area contributed by atoms with E-state index in [9.17, 15) is 9.18 Å². The van der Waals surface area contributed by atoms with Crippen LogP contribution >= 0.6 is 0 Å². The molecular formula is C21H19FN2O2. The van der Waals surface area contributed by atoms with Gasteiger partial charge in [-0.05, 0) is 47.9 Å². The average Bonchev–Trinajstić information content (AvgIpc) is 2.68. The number of halogens is 1. The summed E-state index contributed by atoms with van der Waals surface area (Å²) in [5.41, 5.74) is 2.52. The molecule has 132 valence electrons. The Kier molecular flexibility index (Phi) is 5.27. The molecule has 5 heteroatoms. The van der Waals surface area contributed by atoms with Crippen molar-refractivity contribution in [1.29, 1.82) is 0 Å². The van der Waals surface area contributed by atoms with Gasteiger partial charge in [0.05, 0.1) is 13.0 Å². The second kappa shape index (κ2) is 7.78. The Hall–Kier alpha value is -3.21. The zero-order chi connectivity index (χ0) is 18.5. The Bertz CT molecular complexity index is 913. The molecule has 0 radical (unpaired) electrons. The normalized spacial score (nSPS) is 11.7. The quantitative estimate of drug-likeness (QED) is 0.729. The van der Waals surface area contributed by atoms with Crippen LogP contribution in [0.5, 0.6) is 5.75 Å². The highest BCUT2D eigenvalue weighted by atomic mass is 19.1. The SMILES string of the molecule is COc1cc(-c2ccnc(NC(=O)C(C)c3ccccc3)c2)ccc1F. The van der Waals surface area contributed by atoms with Crippen LogP contribution < -0.4 is 10.1 Å². The molecule has 0 aliphatic heterocycles. The third-order valence-corrected chi connectivity index (χ3v) is 4.19. The first kappa shape index (κ1) is 17.6. The van der Waals surface area contributed by atoms with E-state index in [1.54, 1.807) is 30.5 Å². The van der Waals surface area contributed by atoms with Crippen molar-refractivity contribution in [3.63, 3.8) is 0 Å². The van der Waals surface area contributed by atoms with Crippen LogP contribution in [0.1, 0.15) is 18.4 Å². The van der Waals surface area contributed by atoms with E-state index < -0.39 is 5.82 Å². The van der Waals surface area contributed by atoms with Crippen LogP contribution in [-0.2, 0) is 4.79 Å². The van der Waals surface area contributed by atoms with Gasteiger partial charge in [-0.2, -0.15) is 0 Å². The van der Waals surface area contributed by atoms with E-state index in [2.05, 4.69) is 10.3 Å². The molecule has 0 bridgehead atoms. The maximum absolute atomic E-state index is 13.6. The van der Waals surface area contributed by atoms with Gasteiger partial charge in [0, 0.05) is 6.20 Å². The highest BCUT2D eigenvalue weighted by molar-refractivity contribution is 5.95. The van der Waals surface area contributed by atoms with Gasteiger partial charge < -0.3 is 10.1 Å². The Balaban J connectivity index is 1.80. The Morgan fingerprint density at radius 1 is 1.08 bits per heavy atom. The molecule has 0 aliphatic rings. The highest BCUT2D eigenvalue weighted by Crippen LogP contribution is 2.27. The molecule has 3 aromatic rings. The molecule has 0 aliphatic carbocycles. The second-order valence-electron chi connectivity index (χ2n) is 5.90. The van der Waals surface area contributed by atoms with Crippen molar-refractivity contribution < 1.29 is 13.9 Å². The molecule has 0 saturated heterocycles. The number of benzene rings is 2. The molecule has 0 fully saturated rings. The predicted molar refractivity (Wildman–Crippen MR) is 99.7 cm³/mol. The van der Waals surface area contributed by atoms with Crippen LogP contribution in [0, 0.1) is 5.82 Å². The number of carbonyl (C=O) groups excluding carboxylic acids is 1. The molecule has 1 heterocycles. The molecule has 1 amide bonds. The van der Waals surface area contributed by atoms with Gasteiger partial charge in [-0.3, -0.25) is 4.79 Å². The van der Waals surface area contributed by atoms with Crippen molar-refractivity contribution in [3.8, 4) is 16.9 Å². The summed E-state index contributed by atoms with van der Waals surface area (Å²) in [4.78, 5) is 16.7. The van der Waals surface area contributed by atoms with Gasteiger partial charge in [-0.15, -0.1) is 0 Å². The van der Waals surface area contributed by atoms with Gasteiger partial charge in [0.1, 0.15) is 5.82 Å². The van der Waals surface area contributed by atoms with E-state index in [1.165, 1.54) is 13.2 Å². The highest BCUT2D eigenvalue weighted by Gasteiger charge is 2.16. The number of anilines is 1. The molecule has 3 rings (SSSR count). The lowest BCUT2D eigenvalue weighted by Gasteiger charge is -2.13. The standard InChI is InChI=1S/C21H19FN2O2/c1-14(15-6-4-3-5-7-15)21(25)24-20-13-17(10-11-23-20)16-8-9-18(22)19(12-16)26-2/h3-14H,1-2H3,(H,23,24,25). The number of hydrogen-bond donors (Lipinski definition) is 1. The van der Waals surface area contributed by atoms with Crippen molar-refractivity contribution in [1.82, 2.24) is 4.98 Å².